The second-order valence-corrected chi connectivity index (χ2v) is 2.25. The average Bonchev–Trinajstić information content (AvgIpc) is 2.43. The number of nitrogens with one attached hydrogen (secondary N) is 2. The summed E-state index contributed by atoms with van der Waals surface area (Å²) in [6, 6.07) is 0. The van der Waals surface area contributed by atoms with Gasteiger partial charge in [-0.2, -0.15) is 0 Å². The predicted molar refractivity (Wildman–Crippen MR) is 36.6 cm³/mol. The summed E-state index contributed by atoms with van der Waals surface area (Å²) in [5.41, 5.74) is 0.181. The summed E-state index contributed by atoms with van der Waals surface area (Å²) < 4.78 is 4.90. The number of amides is 2. The van der Waals surface area contributed by atoms with Gasteiger partial charge in [-0.3, -0.25) is 14.9 Å². The first kappa shape index (κ1) is 6.84. The highest BCUT2D eigenvalue weighted by molar-refractivity contribution is 6.06. The summed E-state index contributed by atoms with van der Waals surface area (Å²) >= 11 is 0. The molecule has 2 heterocycles. The van der Waals surface area contributed by atoms with Crippen molar-refractivity contribution in [2.75, 3.05) is 6.61 Å². The van der Waals surface area contributed by atoms with Crippen molar-refractivity contribution in [2.24, 2.45) is 0 Å². The number of H-pyrrole nitrogens is 1. The zero-order valence-electron chi connectivity index (χ0n) is 5.96. The topological polar surface area (TPSA) is 84.1 Å². The molecule has 0 saturated carbocycles. The lowest BCUT2D eigenvalue weighted by Gasteiger charge is -1.94. The van der Waals surface area contributed by atoms with Gasteiger partial charge in [0.1, 0.15) is 0 Å². The molecule has 62 valence electrons. The normalized spacial score (nSPS) is 16.0. The summed E-state index contributed by atoms with van der Waals surface area (Å²) in [6.07, 6.45) is 1.33. The van der Waals surface area contributed by atoms with Crippen LogP contribution in [0, 0.1) is 0 Å². The lowest BCUT2D eigenvalue weighted by molar-refractivity contribution is -0.121. The van der Waals surface area contributed by atoms with Crippen LogP contribution in [0.2, 0.25) is 0 Å². The Kier molecular flexibility index (Phi) is 1.33. The van der Waals surface area contributed by atoms with Crippen LogP contribution in [0.25, 0.3) is 0 Å². The van der Waals surface area contributed by atoms with E-state index in [0.29, 0.717) is 0 Å². The van der Waals surface area contributed by atoms with Gasteiger partial charge in [0.25, 0.3) is 11.8 Å². The second-order valence-electron chi connectivity index (χ2n) is 2.25. The standard InChI is InChI=1S/C6H5N3O3/c10-3-1-12-6-4(5(11)9-3)7-2-8-6/h2H,1H2,(H,7,8)(H,9,10,11). The Morgan fingerprint density at radius 1 is 1.50 bits per heavy atom. The Bertz CT molecular complexity index is 344. The third kappa shape index (κ3) is 0.931. The van der Waals surface area contributed by atoms with Crippen LogP contribution in [0.15, 0.2) is 6.33 Å². The van der Waals surface area contributed by atoms with Gasteiger partial charge in [0.05, 0.1) is 6.33 Å². The minimum Gasteiger partial charge on any atom is -0.466 e. The van der Waals surface area contributed by atoms with Gasteiger partial charge >= 0.3 is 0 Å². The molecule has 2 amide bonds. The summed E-state index contributed by atoms with van der Waals surface area (Å²) in [5, 5.41) is 2.11. The van der Waals surface area contributed by atoms with E-state index in [1.807, 2.05) is 0 Å². The molecule has 0 radical (unpaired) electrons. The average molecular weight is 167 g/mol. The van der Waals surface area contributed by atoms with E-state index in [2.05, 4.69) is 15.3 Å². The van der Waals surface area contributed by atoms with Gasteiger partial charge in [0, 0.05) is 0 Å². The van der Waals surface area contributed by atoms with Gasteiger partial charge in [0.15, 0.2) is 12.3 Å². The molecule has 1 aliphatic rings. The number of ether oxygens (including phenoxy) is 1. The smallest absolute Gasteiger partial charge is 0.280 e. The number of imide groups is 1. The third-order valence-electron chi connectivity index (χ3n) is 1.42. The van der Waals surface area contributed by atoms with E-state index in [1.54, 1.807) is 0 Å². The Balaban J connectivity index is 2.41. The number of carbonyl (C=O) groups is 2. The molecule has 2 rings (SSSR count). The molecule has 0 saturated heterocycles. The molecule has 0 aliphatic carbocycles. The number of nitrogens with zero attached hydrogens (tertiary/aromatic N) is 1. The number of imidazole rings is 1. The fourth-order valence-electron chi connectivity index (χ4n) is 0.913. The first-order chi connectivity index (χ1) is 5.77. The van der Waals surface area contributed by atoms with Crippen LogP contribution < -0.4 is 10.1 Å². The third-order valence-corrected chi connectivity index (χ3v) is 1.42. The SMILES string of the molecule is O=C1COc2nc[nH]c2C(=O)N1. The fourth-order valence-corrected chi connectivity index (χ4v) is 0.913. The van der Waals surface area contributed by atoms with E-state index in [9.17, 15) is 9.59 Å². The summed E-state index contributed by atoms with van der Waals surface area (Å²) in [5.74, 6) is -0.810. The molecule has 1 aromatic rings. The van der Waals surface area contributed by atoms with Crippen LogP contribution in [0.5, 0.6) is 5.88 Å². The number of hydrogen-bond donors (Lipinski definition) is 2. The largest absolute Gasteiger partial charge is 0.466 e. The monoisotopic (exact) mass is 167 g/mol. The number of hydrogen-bond acceptors (Lipinski definition) is 4. The summed E-state index contributed by atoms with van der Waals surface area (Å²) in [4.78, 5) is 28.1. The summed E-state index contributed by atoms with van der Waals surface area (Å²) in [6.45, 7) is -0.177. The Morgan fingerprint density at radius 2 is 2.33 bits per heavy atom. The Morgan fingerprint density at radius 3 is 3.17 bits per heavy atom. The molecule has 0 fully saturated rings. The Hall–Kier alpha value is -1.85. The van der Waals surface area contributed by atoms with E-state index in [4.69, 9.17) is 4.74 Å². The van der Waals surface area contributed by atoms with Crippen LogP contribution in [0.4, 0.5) is 0 Å². The van der Waals surface area contributed by atoms with Crippen molar-refractivity contribution in [3.8, 4) is 5.88 Å². The maximum absolute atomic E-state index is 11.1. The number of rotatable bonds is 0. The van der Waals surface area contributed by atoms with Gasteiger partial charge in [0.2, 0.25) is 5.88 Å². The molecule has 0 aromatic carbocycles. The highest BCUT2D eigenvalue weighted by atomic mass is 16.5. The van der Waals surface area contributed by atoms with Crippen molar-refractivity contribution < 1.29 is 14.3 Å². The fraction of sp³-hybridized carbons (Fsp3) is 0.167. The quantitative estimate of drug-likeness (QED) is 0.488. The van der Waals surface area contributed by atoms with E-state index < -0.39 is 11.8 Å². The Labute approximate surface area is 66.9 Å². The lowest BCUT2D eigenvalue weighted by atomic mass is 10.4. The minimum absolute atomic E-state index is 0.165. The zero-order chi connectivity index (χ0) is 8.55. The highest BCUT2D eigenvalue weighted by Gasteiger charge is 2.22. The van der Waals surface area contributed by atoms with Crippen molar-refractivity contribution in [1.29, 1.82) is 0 Å². The van der Waals surface area contributed by atoms with Crippen molar-refractivity contribution in [1.82, 2.24) is 15.3 Å². The van der Waals surface area contributed by atoms with Crippen molar-refractivity contribution >= 4 is 11.8 Å². The zero-order valence-corrected chi connectivity index (χ0v) is 5.96. The molecule has 1 aromatic heterocycles. The van der Waals surface area contributed by atoms with E-state index in [1.165, 1.54) is 6.33 Å². The van der Waals surface area contributed by atoms with Crippen molar-refractivity contribution in [3.63, 3.8) is 0 Å². The van der Waals surface area contributed by atoms with Gasteiger partial charge in [-0.25, -0.2) is 4.98 Å². The summed E-state index contributed by atoms with van der Waals surface area (Å²) in [7, 11) is 0. The maximum atomic E-state index is 11.1. The molecule has 6 nitrogen and oxygen atoms in total. The first-order valence-electron chi connectivity index (χ1n) is 3.28. The molecule has 12 heavy (non-hydrogen) atoms. The van der Waals surface area contributed by atoms with Crippen LogP contribution in [0.1, 0.15) is 10.5 Å². The molecular weight excluding hydrogens is 162 g/mol. The van der Waals surface area contributed by atoms with E-state index in [-0.39, 0.29) is 18.2 Å². The van der Waals surface area contributed by atoms with Crippen LogP contribution in [0.3, 0.4) is 0 Å². The number of fused-ring (bicyclic) bond motifs is 1. The van der Waals surface area contributed by atoms with Crippen LogP contribution in [-0.4, -0.2) is 28.4 Å². The molecule has 0 atom stereocenters. The molecule has 0 bridgehead atoms. The molecule has 6 heteroatoms. The minimum atomic E-state index is -0.509. The molecule has 0 unspecified atom stereocenters. The number of aromatic amines is 1. The predicted octanol–water partition coefficient (Wildman–Crippen LogP) is -0.942. The number of carbonyl (C=O) groups excluding carboxylic acids is 2. The van der Waals surface area contributed by atoms with Gasteiger partial charge in [-0.15, -0.1) is 0 Å². The maximum Gasteiger partial charge on any atom is 0.280 e. The van der Waals surface area contributed by atoms with Gasteiger partial charge < -0.3 is 9.72 Å². The van der Waals surface area contributed by atoms with Gasteiger partial charge in [-0.05, 0) is 0 Å². The molecule has 1 aliphatic heterocycles. The molecule has 0 spiro atoms. The van der Waals surface area contributed by atoms with E-state index >= 15 is 0 Å². The van der Waals surface area contributed by atoms with Crippen LogP contribution in [-0.2, 0) is 4.79 Å². The van der Waals surface area contributed by atoms with Gasteiger partial charge in [-0.1, -0.05) is 0 Å². The first-order valence-corrected chi connectivity index (χ1v) is 3.28. The molecule has 2 N–H and O–H groups in total. The number of aromatic nitrogens is 2. The van der Waals surface area contributed by atoms with Crippen LogP contribution >= 0.6 is 0 Å². The molecular formula is C6H5N3O3. The highest BCUT2D eigenvalue weighted by Crippen LogP contribution is 2.13. The second kappa shape index (κ2) is 2.33. The van der Waals surface area contributed by atoms with E-state index in [0.717, 1.165) is 0 Å². The van der Waals surface area contributed by atoms with Crippen molar-refractivity contribution in [3.05, 3.63) is 12.0 Å². The van der Waals surface area contributed by atoms with Crippen molar-refractivity contribution in [2.45, 2.75) is 0 Å². The lowest BCUT2D eigenvalue weighted by Crippen LogP contribution is -2.31.